The van der Waals surface area contributed by atoms with Crippen molar-refractivity contribution in [1.29, 1.82) is 0 Å². The van der Waals surface area contributed by atoms with Crippen LogP contribution in [0, 0.1) is 0 Å². The molecule has 2 aromatic rings. The highest BCUT2D eigenvalue weighted by molar-refractivity contribution is 6.30. The minimum absolute atomic E-state index is 0.0202. The van der Waals surface area contributed by atoms with Gasteiger partial charge in [0.25, 0.3) is 0 Å². The molecule has 3 rings (SSSR count). The minimum Gasteiger partial charge on any atom is -0.388 e. The van der Waals surface area contributed by atoms with E-state index in [1.54, 1.807) is 11.9 Å². The first-order chi connectivity index (χ1) is 13.9. The number of carbonyl (C=O) groups excluding carboxylic acids is 1. The van der Waals surface area contributed by atoms with E-state index in [1.807, 2.05) is 54.6 Å². The molecule has 0 unspecified atom stereocenters. The van der Waals surface area contributed by atoms with Crippen molar-refractivity contribution in [1.82, 2.24) is 10.2 Å². The summed E-state index contributed by atoms with van der Waals surface area (Å²) in [6, 6.07) is 17.2. The molecule has 1 amide bonds. The molecular weight excluding hydrogens is 392 g/mol. The molecule has 6 nitrogen and oxygen atoms in total. The van der Waals surface area contributed by atoms with Crippen molar-refractivity contribution in [3.63, 3.8) is 0 Å². The average molecular weight is 419 g/mol. The molecule has 1 aliphatic rings. The van der Waals surface area contributed by atoms with Gasteiger partial charge in [-0.3, -0.25) is 4.79 Å². The average Bonchev–Trinajstić information content (AvgIpc) is 2.97. The van der Waals surface area contributed by atoms with E-state index >= 15 is 0 Å². The second kappa shape index (κ2) is 10.2. The van der Waals surface area contributed by atoms with Gasteiger partial charge in [-0.15, -0.1) is 0 Å². The third-order valence-electron chi connectivity index (χ3n) is 5.09. The van der Waals surface area contributed by atoms with E-state index in [2.05, 4.69) is 5.32 Å². The van der Waals surface area contributed by atoms with Crippen molar-refractivity contribution in [2.24, 2.45) is 0 Å². The number of rotatable bonds is 8. The second-order valence-corrected chi connectivity index (χ2v) is 7.83. The lowest BCUT2D eigenvalue weighted by molar-refractivity contribution is -0.134. The van der Waals surface area contributed by atoms with E-state index in [4.69, 9.17) is 16.3 Å². The molecule has 156 valence electrons. The highest BCUT2D eigenvalue weighted by Crippen LogP contribution is 2.24. The van der Waals surface area contributed by atoms with E-state index in [-0.39, 0.29) is 12.3 Å². The van der Waals surface area contributed by atoms with Gasteiger partial charge >= 0.3 is 0 Å². The quantitative estimate of drug-likeness (QED) is 0.610. The van der Waals surface area contributed by atoms with Crippen LogP contribution < -0.4 is 5.32 Å². The highest BCUT2D eigenvalue weighted by Gasteiger charge is 2.43. The number of aliphatic hydroxyl groups is 2. The minimum atomic E-state index is -1.10. The lowest BCUT2D eigenvalue weighted by Gasteiger charge is -2.21. The van der Waals surface area contributed by atoms with Crippen LogP contribution in [0.4, 0.5) is 0 Å². The van der Waals surface area contributed by atoms with Crippen LogP contribution in [0.1, 0.15) is 17.5 Å². The number of hydrogen-bond donors (Lipinski definition) is 3. The van der Waals surface area contributed by atoms with Gasteiger partial charge in [0.2, 0.25) is 5.91 Å². The third kappa shape index (κ3) is 6.01. The number of halogens is 1. The molecular formula is C22H27ClN2O4. The number of nitrogens with zero attached hydrogens (tertiary/aromatic N) is 1. The number of benzene rings is 2. The van der Waals surface area contributed by atoms with Crippen molar-refractivity contribution in [2.75, 3.05) is 13.6 Å². The number of amides is 1. The van der Waals surface area contributed by atoms with Gasteiger partial charge in [0, 0.05) is 31.7 Å². The van der Waals surface area contributed by atoms with Crippen LogP contribution in [0.5, 0.6) is 0 Å². The van der Waals surface area contributed by atoms with Crippen LogP contribution in [0.15, 0.2) is 54.6 Å². The smallest absolute Gasteiger partial charge is 0.225 e. The van der Waals surface area contributed by atoms with Crippen LogP contribution in [-0.4, -0.2) is 59.0 Å². The normalized spacial score (nSPS) is 23.9. The number of aliphatic hydroxyl groups excluding tert-OH is 2. The summed E-state index contributed by atoms with van der Waals surface area (Å²) in [5, 5.41) is 24.5. The first-order valence-corrected chi connectivity index (χ1v) is 10.1. The molecule has 4 atom stereocenters. The molecule has 3 N–H and O–H groups in total. The summed E-state index contributed by atoms with van der Waals surface area (Å²) in [6.45, 7) is 1.40. The van der Waals surface area contributed by atoms with Crippen LogP contribution >= 0.6 is 11.6 Å². The molecule has 2 aromatic carbocycles. The van der Waals surface area contributed by atoms with Gasteiger partial charge in [0.15, 0.2) is 0 Å². The summed E-state index contributed by atoms with van der Waals surface area (Å²) in [5.41, 5.74) is 2.04. The zero-order valence-corrected chi connectivity index (χ0v) is 17.1. The molecule has 7 heteroatoms. The molecule has 0 aliphatic carbocycles. The highest BCUT2D eigenvalue weighted by atomic mass is 35.5. The van der Waals surface area contributed by atoms with E-state index in [1.165, 1.54) is 0 Å². The zero-order chi connectivity index (χ0) is 20.8. The Labute approximate surface area is 176 Å². The number of ether oxygens (including phenoxy) is 1. The number of hydrogen-bond acceptors (Lipinski definition) is 5. The maximum atomic E-state index is 12.5. The van der Waals surface area contributed by atoms with Gasteiger partial charge in [0.1, 0.15) is 12.2 Å². The fraction of sp³-hybridized carbons (Fsp3) is 0.409. The standard InChI is InChI=1S/C22H27ClN2O4/c1-25(14-15-6-3-2-4-7-15)20(26)11-18-21(27)22(28)19(29-18)13-24-12-16-8-5-9-17(23)10-16/h2-10,18-19,21-22,24,27-28H,11-14H2,1H3/t18-,19-,21+,22-/m1/s1. The number of nitrogens with one attached hydrogen (secondary N) is 1. The van der Waals surface area contributed by atoms with Gasteiger partial charge in [-0.05, 0) is 23.3 Å². The second-order valence-electron chi connectivity index (χ2n) is 7.39. The summed E-state index contributed by atoms with van der Waals surface area (Å²) in [5.74, 6) is -0.141. The van der Waals surface area contributed by atoms with Crippen molar-refractivity contribution in [3.8, 4) is 0 Å². The summed E-state index contributed by atoms with van der Waals surface area (Å²) in [6.07, 6.45) is -3.43. The molecule has 1 aliphatic heterocycles. The third-order valence-corrected chi connectivity index (χ3v) is 5.32. The van der Waals surface area contributed by atoms with Gasteiger partial charge in [0.05, 0.1) is 18.6 Å². The monoisotopic (exact) mass is 418 g/mol. The Hall–Kier alpha value is -1.96. The van der Waals surface area contributed by atoms with Crippen molar-refractivity contribution in [3.05, 3.63) is 70.7 Å². The summed E-state index contributed by atoms with van der Waals surface area (Å²) in [4.78, 5) is 14.1. The molecule has 0 aromatic heterocycles. The Morgan fingerprint density at radius 1 is 1.07 bits per heavy atom. The van der Waals surface area contributed by atoms with Gasteiger partial charge in [-0.25, -0.2) is 0 Å². The lowest BCUT2D eigenvalue weighted by atomic mass is 10.0. The molecule has 0 saturated carbocycles. The Morgan fingerprint density at radius 2 is 1.76 bits per heavy atom. The fourth-order valence-corrected chi connectivity index (χ4v) is 3.66. The van der Waals surface area contributed by atoms with Crippen molar-refractivity contribution >= 4 is 17.5 Å². The van der Waals surface area contributed by atoms with E-state index in [9.17, 15) is 15.0 Å². The van der Waals surface area contributed by atoms with Crippen molar-refractivity contribution < 1.29 is 19.7 Å². The lowest BCUT2D eigenvalue weighted by Crippen LogP contribution is -2.38. The van der Waals surface area contributed by atoms with Crippen LogP contribution in [0.3, 0.4) is 0 Å². The van der Waals surface area contributed by atoms with Crippen LogP contribution in [-0.2, 0) is 22.6 Å². The van der Waals surface area contributed by atoms with E-state index < -0.39 is 24.4 Å². The maximum Gasteiger partial charge on any atom is 0.225 e. The van der Waals surface area contributed by atoms with Gasteiger partial charge in [-0.1, -0.05) is 54.1 Å². The zero-order valence-electron chi connectivity index (χ0n) is 16.4. The van der Waals surface area contributed by atoms with Gasteiger partial charge < -0.3 is 25.2 Å². The molecule has 1 fully saturated rings. The molecule has 0 bridgehead atoms. The first kappa shape index (κ1) is 21.7. The predicted octanol–water partition coefficient (Wildman–Crippen LogP) is 1.97. The van der Waals surface area contributed by atoms with Crippen molar-refractivity contribution in [2.45, 2.75) is 43.9 Å². The van der Waals surface area contributed by atoms with Crippen LogP contribution in [0.2, 0.25) is 5.02 Å². The topological polar surface area (TPSA) is 82.0 Å². The van der Waals surface area contributed by atoms with E-state index in [0.717, 1.165) is 11.1 Å². The summed E-state index contributed by atoms with van der Waals surface area (Å²) < 4.78 is 5.78. The van der Waals surface area contributed by atoms with E-state index in [0.29, 0.717) is 24.7 Å². The molecule has 29 heavy (non-hydrogen) atoms. The maximum absolute atomic E-state index is 12.5. The SMILES string of the molecule is CN(Cc1ccccc1)C(=O)C[C@H]1O[C@H](CNCc2cccc(Cl)c2)[C@@H](O)[C@H]1O. The largest absolute Gasteiger partial charge is 0.388 e. The van der Waals surface area contributed by atoms with Gasteiger partial charge in [-0.2, -0.15) is 0 Å². The Balaban J connectivity index is 1.47. The Kier molecular flexibility index (Phi) is 7.64. The summed E-state index contributed by atoms with van der Waals surface area (Å²) in [7, 11) is 1.72. The predicted molar refractivity (Wildman–Crippen MR) is 111 cm³/mol. The molecule has 0 spiro atoms. The Morgan fingerprint density at radius 3 is 2.48 bits per heavy atom. The number of carbonyl (C=O) groups is 1. The molecule has 1 heterocycles. The fourth-order valence-electron chi connectivity index (χ4n) is 3.44. The molecule has 0 radical (unpaired) electrons. The summed E-state index contributed by atoms with van der Waals surface area (Å²) >= 11 is 5.98. The molecule has 1 saturated heterocycles. The Bertz CT molecular complexity index is 804. The van der Waals surface area contributed by atoms with Crippen LogP contribution in [0.25, 0.3) is 0 Å². The first-order valence-electron chi connectivity index (χ1n) is 9.68.